The summed E-state index contributed by atoms with van der Waals surface area (Å²) in [5.74, 6) is -2.81. The van der Waals surface area contributed by atoms with E-state index in [1.54, 1.807) is 0 Å². The van der Waals surface area contributed by atoms with Crippen LogP contribution in [0.5, 0.6) is 5.75 Å². The van der Waals surface area contributed by atoms with Crippen LogP contribution in [-0.4, -0.2) is 36.8 Å². The second kappa shape index (κ2) is 9.42. The quantitative estimate of drug-likeness (QED) is 0.608. The number of allylic oxidation sites excluding steroid dienone is 2. The van der Waals surface area contributed by atoms with Gasteiger partial charge in [0, 0.05) is 23.3 Å². The van der Waals surface area contributed by atoms with Gasteiger partial charge in [0.1, 0.15) is 5.75 Å². The molecule has 3 rings (SSSR count). The topological polar surface area (TPSA) is 102 Å². The number of Topliss-reactive ketones (excluding diaryl/α,β-unsaturated/α-hetero) is 2. The van der Waals surface area contributed by atoms with Crippen molar-refractivity contribution in [3.05, 3.63) is 81.8 Å². The normalized spacial score (nSPS) is 14.4. The summed E-state index contributed by atoms with van der Waals surface area (Å²) in [5, 5.41) is 13.1. The number of alkyl halides is 3. The average Bonchev–Trinajstić information content (AvgIpc) is 2.79. The summed E-state index contributed by atoms with van der Waals surface area (Å²) in [6, 6.07) is 8.09. The largest absolute Gasteiger partial charge is 0.507 e. The molecule has 1 aliphatic rings. The summed E-state index contributed by atoms with van der Waals surface area (Å²) in [6.07, 6.45) is -4.69. The summed E-state index contributed by atoms with van der Waals surface area (Å²) in [7, 11) is 2.46. The molecule has 0 heterocycles. The molecule has 7 nitrogen and oxygen atoms in total. The molecule has 0 bridgehead atoms. The third-order valence-corrected chi connectivity index (χ3v) is 5.30. The maximum Gasteiger partial charge on any atom is 0.416 e. The average molecular weight is 475 g/mol. The van der Waals surface area contributed by atoms with Crippen molar-refractivity contribution in [2.45, 2.75) is 19.5 Å². The Morgan fingerprint density at radius 2 is 1.56 bits per heavy atom. The summed E-state index contributed by atoms with van der Waals surface area (Å²) >= 11 is 0. The number of hydrogen-bond acceptors (Lipinski definition) is 6. The summed E-state index contributed by atoms with van der Waals surface area (Å²) in [6.45, 7) is 1.44. The number of nitrogens with one attached hydrogen (secondary N) is 1. The SMILES string of the molecule is COC1=C(OC)C(=O)C(Cc2cccc(C(=O)Nc3ccc(C(F)(F)F)cc3)c2O)=C(C)C1=O. The van der Waals surface area contributed by atoms with Crippen LogP contribution in [0.1, 0.15) is 28.4 Å². The van der Waals surface area contributed by atoms with E-state index in [0.717, 1.165) is 24.3 Å². The minimum absolute atomic E-state index is 0.0678. The first-order valence-electron chi connectivity index (χ1n) is 9.90. The van der Waals surface area contributed by atoms with Gasteiger partial charge in [0.2, 0.25) is 23.1 Å². The number of aromatic hydroxyl groups is 1. The van der Waals surface area contributed by atoms with Crippen LogP contribution in [0.4, 0.5) is 18.9 Å². The van der Waals surface area contributed by atoms with Gasteiger partial charge < -0.3 is 19.9 Å². The molecule has 0 saturated carbocycles. The van der Waals surface area contributed by atoms with E-state index >= 15 is 0 Å². The Morgan fingerprint density at radius 3 is 2.12 bits per heavy atom. The number of halogens is 3. The van der Waals surface area contributed by atoms with Gasteiger partial charge >= 0.3 is 6.18 Å². The van der Waals surface area contributed by atoms with Gasteiger partial charge in [-0.1, -0.05) is 12.1 Å². The Hall–Kier alpha value is -4.08. The number of rotatable bonds is 6. The Balaban J connectivity index is 1.86. The Labute approximate surface area is 192 Å². The number of ketones is 2. The highest BCUT2D eigenvalue weighted by Crippen LogP contribution is 2.33. The molecular weight excluding hydrogens is 455 g/mol. The third-order valence-electron chi connectivity index (χ3n) is 5.30. The minimum atomic E-state index is -4.51. The second-order valence-corrected chi connectivity index (χ2v) is 7.35. The number of carbonyl (C=O) groups excluding carboxylic acids is 3. The summed E-state index contributed by atoms with van der Waals surface area (Å²) in [4.78, 5) is 38.0. The number of anilines is 1. The lowest BCUT2D eigenvalue weighted by molar-refractivity contribution is -0.137. The van der Waals surface area contributed by atoms with Crippen LogP contribution in [0.15, 0.2) is 65.1 Å². The molecule has 0 fully saturated rings. The molecule has 0 saturated heterocycles. The lowest BCUT2D eigenvalue weighted by Crippen LogP contribution is -2.26. The zero-order chi connectivity index (χ0) is 25.2. The molecule has 0 aliphatic heterocycles. The molecule has 34 heavy (non-hydrogen) atoms. The predicted octanol–water partition coefficient (Wildman–Crippen LogP) is 4.18. The zero-order valence-corrected chi connectivity index (χ0v) is 18.4. The lowest BCUT2D eigenvalue weighted by atomic mass is 9.88. The van der Waals surface area contributed by atoms with E-state index in [-0.39, 0.29) is 45.9 Å². The molecule has 1 amide bonds. The highest BCUT2D eigenvalue weighted by atomic mass is 19.4. The lowest BCUT2D eigenvalue weighted by Gasteiger charge is -2.21. The van der Waals surface area contributed by atoms with Crippen molar-refractivity contribution in [3.8, 4) is 5.75 Å². The summed E-state index contributed by atoms with van der Waals surface area (Å²) < 4.78 is 48.2. The molecule has 10 heteroatoms. The fourth-order valence-corrected chi connectivity index (χ4v) is 3.45. The van der Waals surface area contributed by atoms with Crippen LogP contribution < -0.4 is 5.32 Å². The van der Waals surface area contributed by atoms with E-state index in [1.807, 2.05) is 0 Å². The molecule has 1 aliphatic carbocycles. The molecule has 2 aromatic rings. The van der Waals surface area contributed by atoms with Crippen LogP contribution in [0.2, 0.25) is 0 Å². The number of phenolic OH excluding ortho intramolecular Hbond substituents is 1. The van der Waals surface area contributed by atoms with E-state index in [9.17, 15) is 32.7 Å². The van der Waals surface area contributed by atoms with Gasteiger partial charge in [0.15, 0.2) is 0 Å². The fourth-order valence-electron chi connectivity index (χ4n) is 3.45. The molecule has 0 unspecified atom stereocenters. The van der Waals surface area contributed by atoms with Gasteiger partial charge in [-0.2, -0.15) is 13.2 Å². The van der Waals surface area contributed by atoms with E-state index in [1.165, 1.54) is 39.3 Å². The van der Waals surface area contributed by atoms with Crippen LogP contribution >= 0.6 is 0 Å². The van der Waals surface area contributed by atoms with Crippen LogP contribution in [0.25, 0.3) is 0 Å². The Bertz CT molecular complexity index is 1230. The summed E-state index contributed by atoms with van der Waals surface area (Å²) in [5.41, 5.74) is -0.569. The third kappa shape index (κ3) is 4.66. The van der Waals surface area contributed by atoms with Crippen molar-refractivity contribution in [1.82, 2.24) is 0 Å². The number of para-hydroxylation sites is 1. The maximum atomic E-state index is 12.8. The Kier molecular flexibility index (Phi) is 6.80. The van der Waals surface area contributed by atoms with E-state index in [4.69, 9.17) is 9.47 Å². The van der Waals surface area contributed by atoms with Crippen molar-refractivity contribution in [1.29, 1.82) is 0 Å². The molecule has 0 aromatic heterocycles. The minimum Gasteiger partial charge on any atom is -0.507 e. The first-order chi connectivity index (χ1) is 16.0. The van der Waals surface area contributed by atoms with Gasteiger partial charge in [-0.05, 0) is 42.8 Å². The number of carbonyl (C=O) groups is 3. The number of phenols is 1. The van der Waals surface area contributed by atoms with Gasteiger partial charge in [0.05, 0.1) is 25.3 Å². The zero-order valence-electron chi connectivity index (χ0n) is 18.4. The fraction of sp³-hybridized carbons (Fsp3) is 0.208. The monoisotopic (exact) mass is 475 g/mol. The number of amides is 1. The molecule has 0 radical (unpaired) electrons. The van der Waals surface area contributed by atoms with E-state index in [0.29, 0.717) is 0 Å². The van der Waals surface area contributed by atoms with Crippen LogP contribution in [-0.2, 0) is 31.7 Å². The van der Waals surface area contributed by atoms with Gasteiger partial charge in [0.25, 0.3) is 5.91 Å². The second-order valence-electron chi connectivity index (χ2n) is 7.35. The molecule has 2 aromatic carbocycles. The molecular formula is C24H20F3NO6. The number of benzene rings is 2. The van der Waals surface area contributed by atoms with Crippen molar-refractivity contribution in [2.24, 2.45) is 0 Å². The first-order valence-corrected chi connectivity index (χ1v) is 9.90. The standard InChI is InChI=1S/C24H20F3NO6/c1-12-17(20(31)22(34-3)21(33-2)18(12)29)11-13-5-4-6-16(19(13)30)23(32)28-15-9-7-14(8-10-15)24(25,26)27/h4-10,30H,11H2,1-3H3,(H,28,32). The maximum absolute atomic E-state index is 12.8. The smallest absolute Gasteiger partial charge is 0.416 e. The van der Waals surface area contributed by atoms with Crippen LogP contribution in [0, 0.1) is 0 Å². The highest BCUT2D eigenvalue weighted by Gasteiger charge is 2.35. The van der Waals surface area contributed by atoms with Crippen molar-refractivity contribution in [2.75, 3.05) is 19.5 Å². The van der Waals surface area contributed by atoms with Crippen molar-refractivity contribution in [3.63, 3.8) is 0 Å². The molecule has 2 N–H and O–H groups in total. The van der Waals surface area contributed by atoms with Gasteiger partial charge in [-0.3, -0.25) is 14.4 Å². The van der Waals surface area contributed by atoms with Crippen LogP contribution in [0.3, 0.4) is 0 Å². The molecule has 0 spiro atoms. The highest BCUT2D eigenvalue weighted by molar-refractivity contribution is 6.23. The van der Waals surface area contributed by atoms with Crippen molar-refractivity contribution < 1.29 is 42.1 Å². The van der Waals surface area contributed by atoms with E-state index in [2.05, 4.69) is 5.32 Å². The van der Waals surface area contributed by atoms with E-state index < -0.39 is 35.0 Å². The van der Waals surface area contributed by atoms with Crippen molar-refractivity contribution >= 4 is 23.2 Å². The Morgan fingerprint density at radius 1 is 0.971 bits per heavy atom. The first kappa shape index (κ1) is 24.6. The number of ether oxygens (including phenoxy) is 2. The predicted molar refractivity (Wildman–Crippen MR) is 115 cm³/mol. The number of hydrogen-bond donors (Lipinski definition) is 2. The molecule has 0 atom stereocenters. The number of methoxy groups -OCH3 is 2. The molecule has 178 valence electrons. The van der Waals surface area contributed by atoms with Gasteiger partial charge in [-0.25, -0.2) is 0 Å². The van der Waals surface area contributed by atoms with Gasteiger partial charge in [-0.15, -0.1) is 0 Å².